The molecule has 3 atom stereocenters. The third kappa shape index (κ3) is 0.703. The van der Waals surface area contributed by atoms with Gasteiger partial charge in [0, 0.05) is 0 Å². The molecule has 0 radical (unpaired) electrons. The molecular formula is C6H10O4. The van der Waals surface area contributed by atoms with Gasteiger partial charge in [-0.25, -0.2) is 0 Å². The molecule has 0 amide bonds. The van der Waals surface area contributed by atoms with Crippen molar-refractivity contribution in [2.24, 2.45) is 5.92 Å². The monoisotopic (exact) mass is 146 g/mol. The summed E-state index contributed by atoms with van der Waals surface area (Å²) in [6.45, 7) is 0.652. The van der Waals surface area contributed by atoms with E-state index in [2.05, 4.69) is 0 Å². The summed E-state index contributed by atoms with van der Waals surface area (Å²) < 4.78 is 9.77. The summed E-state index contributed by atoms with van der Waals surface area (Å²) in [6.07, 6.45) is 0.116. The highest BCUT2D eigenvalue weighted by Gasteiger charge is 2.53. The molecule has 0 saturated carbocycles. The molecule has 2 aliphatic rings. The molecule has 0 aromatic carbocycles. The van der Waals surface area contributed by atoms with Crippen molar-refractivity contribution >= 4 is 0 Å². The van der Waals surface area contributed by atoms with E-state index >= 15 is 0 Å². The second-order valence-corrected chi connectivity index (χ2v) is 2.75. The van der Waals surface area contributed by atoms with Gasteiger partial charge in [-0.3, -0.25) is 0 Å². The van der Waals surface area contributed by atoms with Gasteiger partial charge in [-0.05, 0) is 6.42 Å². The van der Waals surface area contributed by atoms with Crippen LogP contribution in [-0.4, -0.2) is 35.5 Å². The summed E-state index contributed by atoms with van der Waals surface area (Å²) in [4.78, 5) is 0. The second kappa shape index (κ2) is 1.92. The average Bonchev–Trinajstić information content (AvgIpc) is 2.35. The lowest BCUT2D eigenvalue weighted by Gasteiger charge is -2.19. The first-order valence-electron chi connectivity index (χ1n) is 3.41. The molecule has 2 saturated heterocycles. The summed E-state index contributed by atoms with van der Waals surface area (Å²) in [6, 6.07) is 0. The summed E-state index contributed by atoms with van der Waals surface area (Å²) >= 11 is 0. The highest BCUT2D eigenvalue weighted by molar-refractivity contribution is 4.86. The van der Waals surface area contributed by atoms with Gasteiger partial charge in [0.2, 0.25) is 0 Å². The fraction of sp³-hybridized carbons (Fsp3) is 1.00. The number of hydrogen-bond donors (Lipinski definition) is 2. The molecule has 2 N–H and O–H groups in total. The Labute approximate surface area is 58.4 Å². The van der Waals surface area contributed by atoms with E-state index in [1.165, 1.54) is 0 Å². The van der Waals surface area contributed by atoms with Crippen LogP contribution >= 0.6 is 0 Å². The first-order valence-corrected chi connectivity index (χ1v) is 3.41. The summed E-state index contributed by atoms with van der Waals surface area (Å²) in [7, 11) is 0. The minimum atomic E-state index is -1.47. The number of aliphatic hydroxyl groups is 2. The van der Waals surface area contributed by atoms with E-state index in [9.17, 15) is 10.2 Å². The van der Waals surface area contributed by atoms with E-state index in [0.29, 0.717) is 13.0 Å². The normalized spacial score (nSPS) is 53.4. The maximum atomic E-state index is 9.40. The Bertz CT molecular complexity index is 149. The van der Waals surface area contributed by atoms with Crippen molar-refractivity contribution in [2.75, 3.05) is 13.2 Å². The smallest absolute Gasteiger partial charge is 0.286 e. The van der Waals surface area contributed by atoms with Gasteiger partial charge in [0.05, 0.1) is 25.2 Å². The molecule has 2 aliphatic heterocycles. The van der Waals surface area contributed by atoms with Crippen LogP contribution in [0.25, 0.3) is 0 Å². The summed E-state index contributed by atoms with van der Waals surface area (Å²) in [5.41, 5.74) is 0. The molecule has 4 heteroatoms. The van der Waals surface area contributed by atoms with Crippen LogP contribution in [0.1, 0.15) is 6.42 Å². The minimum absolute atomic E-state index is 0.182. The maximum Gasteiger partial charge on any atom is 0.286 e. The number of ether oxygens (including phenoxy) is 2. The fourth-order valence-electron chi connectivity index (χ4n) is 1.53. The summed E-state index contributed by atoms with van der Waals surface area (Å²) in [5, 5.41) is 18.6. The van der Waals surface area contributed by atoms with Crippen LogP contribution in [0.15, 0.2) is 0 Å². The SMILES string of the molecule is OC1COC2(O)OCCC12. The Morgan fingerprint density at radius 1 is 1.40 bits per heavy atom. The van der Waals surface area contributed by atoms with Crippen LogP contribution in [0.5, 0.6) is 0 Å². The van der Waals surface area contributed by atoms with Gasteiger partial charge in [-0.1, -0.05) is 0 Å². The highest BCUT2D eigenvalue weighted by Crippen LogP contribution is 2.38. The van der Waals surface area contributed by atoms with Crippen LogP contribution in [0.3, 0.4) is 0 Å². The minimum Gasteiger partial charge on any atom is -0.390 e. The lowest BCUT2D eigenvalue weighted by molar-refractivity contribution is -0.331. The van der Waals surface area contributed by atoms with Gasteiger partial charge >= 0.3 is 0 Å². The van der Waals surface area contributed by atoms with Crippen molar-refractivity contribution < 1.29 is 19.7 Å². The first-order chi connectivity index (χ1) is 4.72. The molecule has 0 aromatic rings. The molecule has 2 fully saturated rings. The van der Waals surface area contributed by atoms with E-state index in [-0.39, 0.29) is 12.5 Å². The Morgan fingerprint density at radius 2 is 2.20 bits per heavy atom. The Morgan fingerprint density at radius 3 is 2.90 bits per heavy atom. The van der Waals surface area contributed by atoms with Crippen molar-refractivity contribution in [3.8, 4) is 0 Å². The van der Waals surface area contributed by atoms with Gasteiger partial charge in [0.1, 0.15) is 0 Å². The lowest BCUT2D eigenvalue weighted by Crippen LogP contribution is -2.34. The van der Waals surface area contributed by atoms with Gasteiger partial charge in [0.25, 0.3) is 5.97 Å². The van der Waals surface area contributed by atoms with Crippen LogP contribution in [-0.2, 0) is 9.47 Å². The quantitative estimate of drug-likeness (QED) is 0.463. The zero-order valence-corrected chi connectivity index (χ0v) is 5.49. The van der Waals surface area contributed by atoms with Gasteiger partial charge < -0.3 is 19.7 Å². The zero-order valence-electron chi connectivity index (χ0n) is 5.49. The van der Waals surface area contributed by atoms with E-state index in [0.717, 1.165) is 0 Å². The molecular weight excluding hydrogens is 136 g/mol. The van der Waals surface area contributed by atoms with E-state index in [4.69, 9.17) is 9.47 Å². The topological polar surface area (TPSA) is 58.9 Å². The van der Waals surface area contributed by atoms with Crippen LogP contribution in [0.4, 0.5) is 0 Å². The van der Waals surface area contributed by atoms with Gasteiger partial charge in [-0.15, -0.1) is 0 Å². The Balaban J connectivity index is 2.19. The van der Waals surface area contributed by atoms with Crippen LogP contribution in [0, 0.1) is 5.92 Å². The molecule has 2 rings (SSSR count). The Hall–Kier alpha value is -0.160. The van der Waals surface area contributed by atoms with Gasteiger partial charge in [-0.2, -0.15) is 0 Å². The molecule has 10 heavy (non-hydrogen) atoms. The first kappa shape index (κ1) is 6.54. The number of hydrogen-bond acceptors (Lipinski definition) is 4. The van der Waals surface area contributed by atoms with E-state index < -0.39 is 12.1 Å². The Kier molecular flexibility index (Phi) is 1.25. The molecule has 3 unspecified atom stereocenters. The average molecular weight is 146 g/mol. The predicted molar refractivity (Wildman–Crippen MR) is 31.0 cm³/mol. The molecule has 58 valence electrons. The predicted octanol–water partition coefficient (Wildman–Crippen LogP) is -0.940. The molecule has 0 aliphatic carbocycles. The van der Waals surface area contributed by atoms with Gasteiger partial charge in [0.15, 0.2) is 0 Å². The zero-order chi connectivity index (χ0) is 7.19. The van der Waals surface area contributed by atoms with Crippen molar-refractivity contribution in [3.05, 3.63) is 0 Å². The highest BCUT2D eigenvalue weighted by atomic mass is 16.8. The third-order valence-corrected chi connectivity index (χ3v) is 2.13. The molecule has 4 nitrogen and oxygen atoms in total. The second-order valence-electron chi connectivity index (χ2n) is 2.75. The van der Waals surface area contributed by atoms with E-state index in [1.54, 1.807) is 0 Å². The molecule has 0 aromatic heterocycles. The number of rotatable bonds is 0. The summed E-state index contributed by atoms with van der Waals surface area (Å²) in [5.74, 6) is -1.72. The van der Waals surface area contributed by atoms with Crippen LogP contribution < -0.4 is 0 Å². The van der Waals surface area contributed by atoms with Crippen LogP contribution in [0.2, 0.25) is 0 Å². The standard InChI is InChI=1S/C6H10O4/c7-5-3-10-6(8)4(5)1-2-9-6/h4-5,7-8H,1-3H2. The lowest BCUT2D eigenvalue weighted by atomic mass is 10.0. The van der Waals surface area contributed by atoms with Crippen molar-refractivity contribution in [1.82, 2.24) is 0 Å². The number of aliphatic hydroxyl groups excluding tert-OH is 1. The fourth-order valence-corrected chi connectivity index (χ4v) is 1.53. The third-order valence-electron chi connectivity index (χ3n) is 2.13. The van der Waals surface area contributed by atoms with Crippen molar-refractivity contribution in [3.63, 3.8) is 0 Å². The maximum absolute atomic E-state index is 9.40. The number of fused-ring (bicyclic) bond motifs is 1. The molecule has 0 spiro atoms. The molecule has 2 heterocycles. The van der Waals surface area contributed by atoms with Crippen molar-refractivity contribution in [1.29, 1.82) is 0 Å². The molecule has 0 bridgehead atoms. The van der Waals surface area contributed by atoms with Crippen molar-refractivity contribution in [2.45, 2.75) is 18.5 Å². The largest absolute Gasteiger partial charge is 0.390 e. The van der Waals surface area contributed by atoms with E-state index in [1.807, 2.05) is 0 Å².